The second kappa shape index (κ2) is 7.06. The van der Waals surface area contributed by atoms with Crippen LogP contribution in [0.2, 0.25) is 0 Å². The number of hydrogen-bond donors (Lipinski definition) is 4. The molecule has 2 rings (SSSR count). The predicted molar refractivity (Wildman–Crippen MR) is 80.6 cm³/mol. The van der Waals surface area contributed by atoms with Crippen LogP contribution in [0.5, 0.6) is 0 Å². The Labute approximate surface area is 143 Å². The maximum Gasteiger partial charge on any atom is 0.314 e. The van der Waals surface area contributed by atoms with Crippen molar-refractivity contribution in [1.29, 1.82) is 0 Å². The van der Waals surface area contributed by atoms with E-state index in [0.29, 0.717) is 6.29 Å². The van der Waals surface area contributed by atoms with Gasteiger partial charge in [-0.3, -0.25) is 14.4 Å². The van der Waals surface area contributed by atoms with Crippen LogP contribution in [0.4, 0.5) is 0 Å². The Bertz CT molecular complexity index is 578. The molecule has 2 saturated heterocycles. The minimum Gasteiger partial charge on any atom is -0.463 e. The standard InChI is InChI=1S/C15H22N2O8/c1-15(2,4-3-5-18)14(24)25-6-7-8(19)9(20)10(21)11-16-12(22)13(23)17(7)11/h5,7-11,19-21H,3-4,6H2,1-2H3,(H,16,22)/t7-,8-,9+,10+,11+/m1/s1. The molecule has 10 heteroatoms. The quantitative estimate of drug-likeness (QED) is 0.227. The summed E-state index contributed by atoms with van der Waals surface area (Å²) in [5.74, 6) is -2.62. The number of aldehydes is 1. The van der Waals surface area contributed by atoms with Crippen LogP contribution >= 0.6 is 0 Å². The number of nitrogens with one attached hydrogen (secondary N) is 1. The van der Waals surface area contributed by atoms with Crippen LogP contribution in [0.25, 0.3) is 0 Å². The lowest BCUT2D eigenvalue weighted by Crippen LogP contribution is -2.68. The molecule has 25 heavy (non-hydrogen) atoms. The molecule has 0 spiro atoms. The predicted octanol–water partition coefficient (Wildman–Crippen LogP) is -2.72. The number of carbonyl (C=O) groups is 4. The van der Waals surface area contributed by atoms with Crippen LogP contribution in [0.15, 0.2) is 0 Å². The van der Waals surface area contributed by atoms with E-state index in [4.69, 9.17) is 4.74 Å². The fourth-order valence-corrected chi connectivity index (χ4v) is 2.95. The van der Waals surface area contributed by atoms with E-state index < -0.39 is 60.3 Å². The zero-order valence-electron chi connectivity index (χ0n) is 13.9. The summed E-state index contributed by atoms with van der Waals surface area (Å²) in [4.78, 5) is 47.0. The van der Waals surface area contributed by atoms with E-state index in [-0.39, 0.29) is 12.8 Å². The molecule has 0 aromatic heterocycles. The van der Waals surface area contributed by atoms with Crippen molar-refractivity contribution >= 4 is 24.1 Å². The second-order valence-corrected chi connectivity index (χ2v) is 6.86. The van der Waals surface area contributed by atoms with E-state index in [1.54, 1.807) is 13.8 Å². The summed E-state index contributed by atoms with van der Waals surface area (Å²) in [5.41, 5.74) is -0.957. The van der Waals surface area contributed by atoms with Gasteiger partial charge in [-0.15, -0.1) is 0 Å². The number of rotatable bonds is 6. The lowest BCUT2D eigenvalue weighted by Gasteiger charge is -2.44. The number of piperidine rings is 1. The molecule has 0 aliphatic carbocycles. The van der Waals surface area contributed by atoms with Gasteiger partial charge in [-0.25, -0.2) is 0 Å². The summed E-state index contributed by atoms with van der Waals surface area (Å²) in [6.45, 7) is 2.71. The van der Waals surface area contributed by atoms with E-state index in [1.807, 2.05) is 0 Å². The highest BCUT2D eigenvalue weighted by molar-refractivity contribution is 6.37. The van der Waals surface area contributed by atoms with Gasteiger partial charge in [0.15, 0.2) is 0 Å². The number of carbonyl (C=O) groups excluding carboxylic acids is 4. The largest absolute Gasteiger partial charge is 0.463 e. The molecule has 0 saturated carbocycles. The highest BCUT2D eigenvalue weighted by Crippen LogP contribution is 2.28. The Morgan fingerprint density at radius 1 is 1.24 bits per heavy atom. The van der Waals surface area contributed by atoms with Crippen LogP contribution in [-0.2, 0) is 23.9 Å². The van der Waals surface area contributed by atoms with Crippen molar-refractivity contribution in [3.05, 3.63) is 0 Å². The molecule has 2 aliphatic rings. The highest BCUT2D eigenvalue weighted by atomic mass is 16.5. The molecule has 140 valence electrons. The third-order valence-electron chi connectivity index (χ3n) is 4.61. The van der Waals surface area contributed by atoms with Crippen molar-refractivity contribution in [2.45, 2.75) is 57.2 Å². The Balaban J connectivity index is 2.11. The van der Waals surface area contributed by atoms with Crippen molar-refractivity contribution in [3.63, 3.8) is 0 Å². The second-order valence-electron chi connectivity index (χ2n) is 6.86. The van der Waals surface area contributed by atoms with E-state index in [9.17, 15) is 34.5 Å². The van der Waals surface area contributed by atoms with E-state index in [1.165, 1.54) is 0 Å². The fourth-order valence-electron chi connectivity index (χ4n) is 2.95. The average Bonchev–Trinajstić information content (AvgIpc) is 2.86. The molecule has 4 N–H and O–H groups in total. The first-order valence-corrected chi connectivity index (χ1v) is 7.90. The maximum absolute atomic E-state index is 12.2. The van der Waals surface area contributed by atoms with Crippen LogP contribution in [0.3, 0.4) is 0 Å². The molecule has 0 radical (unpaired) electrons. The van der Waals surface area contributed by atoms with Gasteiger partial charge in [0, 0.05) is 6.42 Å². The van der Waals surface area contributed by atoms with Crippen molar-refractivity contribution in [3.8, 4) is 0 Å². The van der Waals surface area contributed by atoms with Gasteiger partial charge in [-0.05, 0) is 20.3 Å². The normalized spacial score (nSPS) is 32.2. The van der Waals surface area contributed by atoms with Gasteiger partial charge in [0.1, 0.15) is 37.4 Å². The van der Waals surface area contributed by atoms with Gasteiger partial charge in [-0.2, -0.15) is 0 Å². The number of esters is 1. The Morgan fingerprint density at radius 2 is 1.88 bits per heavy atom. The van der Waals surface area contributed by atoms with Gasteiger partial charge in [0.2, 0.25) is 0 Å². The maximum atomic E-state index is 12.2. The summed E-state index contributed by atoms with van der Waals surface area (Å²) in [7, 11) is 0. The number of aliphatic hydroxyl groups excluding tert-OH is 3. The molecule has 0 aromatic carbocycles. The molecular formula is C15H22N2O8. The van der Waals surface area contributed by atoms with Crippen LogP contribution in [-0.4, -0.2) is 81.4 Å². The molecule has 0 aromatic rings. The van der Waals surface area contributed by atoms with Crippen LogP contribution in [0, 0.1) is 5.41 Å². The van der Waals surface area contributed by atoms with Crippen molar-refractivity contribution < 1.29 is 39.2 Å². The molecule has 5 atom stereocenters. The third-order valence-corrected chi connectivity index (χ3v) is 4.61. The number of amides is 2. The molecule has 2 aliphatic heterocycles. The summed E-state index contributed by atoms with van der Waals surface area (Å²) >= 11 is 0. The highest BCUT2D eigenvalue weighted by Gasteiger charge is 2.55. The summed E-state index contributed by atoms with van der Waals surface area (Å²) < 4.78 is 5.15. The molecule has 2 amide bonds. The first kappa shape index (κ1) is 19.3. The van der Waals surface area contributed by atoms with Gasteiger partial charge < -0.3 is 35.1 Å². The van der Waals surface area contributed by atoms with Gasteiger partial charge in [0.05, 0.1) is 11.5 Å². The van der Waals surface area contributed by atoms with E-state index in [2.05, 4.69) is 5.32 Å². The lowest BCUT2D eigenvalue weighted by atomic mass is 9.88. The summed E-state index contributed by atoms with van der Waals surface area (Å²) in [5, 5.41) is 32.2. The number of ether oxygens (including phenoxy) is 1. The number of aliphatic hydroxyl groups is 3. The fraction of sp³-hybridized carbons (Fsp3) is 0.733. The first-order chi connectivity index (χ1) is 11.6. The Morgan fingerprint density at radius 3 is 2.48 bits per heavy atom. The zero-order chi connectivity index (χ0) is 18.9. The molecule has 0 bridgehead atoms. The van der Waals surface area contributed by atoms with Crippen molar-refractivity contribution in [2.75, 3.05) is 6.61 Å². The SMILES string of the molecule is CC(C)(CCC=O)C(=O)OC[C@@H]1[C@@H](O)[C@H](O)[C@H](O)[C@H]2NC(=O)C(=O)N12. The van der Waals surface area contributed by atoms with Gasteiger partial charge in [-0.1, -0.05) is 0 Å². The number of nitrogens with zero attached hydrogens (tertiary/aromatic N) is 1. The van der Waals surface area contributed by atoms with Crippen LogP contribution < -0.4 is 5.32 Å². The monoisotopic (exact) mass is 358 g/mol. The van der Waals surface area contributed by atoms with Crippen molar-refractivity contribution in [1.82, 2.24) is 10.2 Å². The third kappa shape index (κ3) is 3.51. The average molecular weight is 358 g/mol. The van der Waals surface area contributed by atoms with E-state index >= 15 is 0 Å². The summed E-state index contributed by atoms with van der Waals surface area (Å²) in [6.07, 6.45) is -4.89. The number of hydrogen-bond acceptors (Lipinski definition) is 8. The smallest absolute Gasteiger partial charge is 0.314 e. The van der Waals surface area contributed by atoms with Crippen molar-refractivity contribution in [2.24, 2.45) is 5.41 Å². The number of fused-ring (bicyclic) bond motifs is 1. The lowest BCUT2D eigenvalue weighted by molar-refractivity contribution is -0.184. The Kier molecular flexibility index (Phi) is 5.45. The minimum absolute atomic E-state index is 0.171. The van der Waals surface area contributed by atoms with E-state index in [0.717, 1.165) is 4.90 Å². The summed E-state index contributed by atoms with van der Waals surface area (Å²) in [6, 6.07) is -1.19. The molecule has 0 unspecified atom stereocenters. The minimum atomic E-state index is -1.63. The zero-order valence-corrected chi connectivity index (χ0v) is 13.9. The molecular weight excluding hydrogens is 336 g/mol. The van der Waals surface area contributed by atoms with Gasteiger partial charge >= 0.3 is 17.8 Å². The first-order valence-electron chi connectivity index (χ1n) is 7.90. The van der Waals surface area contributed by atoms with Crippen LogP contribution in [0.1, 0.15) is 26.7 Å². The topological polar surface area (TPSA) is 153 Å². The van der Waals surface area contributed by atoms with Gasteiger partial charge in [0.25, 0.3) is 0 Å². The Hall–Kier alpha value is -2.04. The molecule has 10 nitrogen and oxygen atoms in total. The molecule has 2 fully saturated rings. The molecule has 2 heterocycles.